The minimum Gasteiger partial charge on any atom is -0.360 e. The van der Waals surface area contributed by atoms with Gasteiger partial charge in [0.15, 0.2) is 0 Å². The van der Waals surface area contributed by atoms with Crippen LogP contribution in [0.15, 0.2) is 128 Å². The van der Waals surface area contributed by atoms with E-state index in [0.717, 1.165) is 44.8 Å². The van der Waals surface area contributed by atoms with Crippen LogP contribution in [0.3, 0.4) is 0 Å². The van der Waals surface area contributed by atoms with Gasteiger partial charge in [-0.25, -0.2) is 27.1 Å². The molecule has 224 valence electrons. The van der Waals surface area contributed by atoms with E-state index in [2.05, 4.69) is 10.3 Å². The lowest BCUT2D eigenvalue weighted by atomic mass is 10.00. The van der Waals surface area contributed by atoms with Crippen LogP contribution in [0.2, 0.25) is 0 Å². The molecular formula is C32H28N4O6S2. The molecule has 0 saturated heterocycles. The highest BCUT2D eigenvalue weighted by molar-refractivity contribution is 7.89. The van der Waals surface area contributed by atoms with Crippen LogP contribution in [0, 0.1) is 13.8 Å². The van der Waals surface area contributed by atoms with Gasteiger partial charge in [0.2, 0.25) is 20.0 Å². The maximum atomic E-state index is 11.3. The fourth-order valence-corrected chi connectivity index (χ4v) is 5.66. The first kappa shape index (κ1) is 30.6. The van der Waals surface area contributed by atoms with Gasteiger partial charge in [0.1, 0.15) is 22.9 Å². The van der Waals surface area contributed by atoms with Crippen molar-refractivity contribution in [2.24, 2.45) is 10.3 Å². The summed E-state index contributed by atoms with van der Waals surface area (Å²) in [5, 5.41) is 18.5. The number of hydrogen-bond acceptors (Lipinski definition) is 8. The van der Waals surface area contributed by atoms with Crippen LogP contribution in [-0.2, 0) is 20.0 Å². The molecule has 44 heavy (non-hydrogen) atoms. The topological polar surface area (TPSA) is 172 Å². The number of rotatable bonds is 6. The SMILES string of the molecule is Cc1onc(-c2ccccc2)c1-c1ccc(S(N)(=O)=O)cc1.Cc1onc(-c2ccccc2)c1-c1ccc(S(N)(=O)=O)cc1. The molecule has 0 fully saturated rings. The van der Waals surface area contributed by atoms with Gasteiger partial charge in [-0.2, -0.15) is 0 Å². The largest absolute Gasteiger partial charge is 0.360 e. The van der Waals surface area contributed by atoms with E-state index < -0.39 is 20.0 Å². The summed E-state index contributed by atoms with van der Waals surface area (Å²) in [6, 6.07) is 32.0. The maximum absolute atomic E-state index is 11.3. The third-order valence-electron chi connectivity index (χ3n) is 6.76. The second-order valence-electron chi connectivity index (χ2n) is 9.80. The first-order chi connectivity index (χ1) is 20.9. The van der Waals surface area contributed by atoms with Crippen LogP contribution in [0.25, 0.3) is 44.8 Å². The zero-order valence-electron chi connectivity index (χ0n) is 23.7. The summed E-state index contributed by atoms with van der Waals surface area (Å²) in [6.07, 6.45) is 0. The zero-order chi connectivity index (χ0) is 31.5. The molecule has 12 heteroatoms. The predicted molar refractivity (Wildman–Crippen MR) is 167 cm³/mol. The molecule has 0 aliphatic heterocycles. The highest BCUT2D eigenvalue weighted by Gasteiger charge is 2.18. The van der Waals surface area contributed by atoms with E-state index in [4.69, 9.17) is 19.3 Å². The molecule has 0 amide bonds. The molecule has 0 spiro atoms. The Hall–Kier alpha value is -4.88. The van der Waals surface area contributed by atoms with E-state index in [1.807, 2.05) is 74.5 Å². The molecule has 10 nitrogen and oxygen atoms in total. The molecule has 0 saturated carbocycles. The van der Waals surface area contributed by atoms with E-state index in [1.54, 1.807) is 24.3 Å². The standard InChI is InChI=1S/2C16H14N2O3S/c2*1-11-15(12-7-9-14(10-8-12)22(17,19)20)16(18-21-11)13-5-3-2-4-6-13/h2*2-10H,1H3,(H2,17,19,20). The van der Waals surface area contributed by atoms with Gasteiger partial charge in [-0.15, -0.1) is 0 Å². The number of aryl methyl sites for hydroxylation is 2. The van der Waals surface area contributed by atoms with Crippen LogP contribution in [0.5, 0.6) is 0 Å². The highest BCUT2D eigenvalue weighted by Crippen LogP contribution is 2.35. The van der Waals surface area contributed by atoms with E-state index >= 15 is 0 Å². The number of nitrogens with zero attached hydrogens (tertiary/aromatic N) is 2. The van der Waals surface area contributed by atoms with Gasteiger partial charge in [-0.3, -0.25) is 0 Å². The van der Waals surface area contributed by atoms with Crippen molar-refractivity contribution in [1.29, 1.82) is 0 Å². The zero-order valence-corrected chi connectivity index (χ0v) is 25.3. The molecule has 2 heterocycles. The Kier molecular flexibility index (Phi) is 8.61. The number of sulfonamides is 2. The van der Waals surface area contributed by atoms with Crippen molar-refractivity contribution in [3.63, 3.8) is 0 Å². The second kappa shape index (κ2) is 12.4. The second-order valence-corrected chi connectivity index (χ2v) is 12.9. The maximum Gasteiger partial charge on any atom is 0.238 e. The molecule has 0 bridgehead atoms. The average Bonchev–Trinajstić information content (AvgIpc) is 3.60. The first-order valence-corrected chi connectivity index (χ1v) is 16.3. The summed E-state index contributed by atoms with van der Waals surface area (Å²) >= 11 is 0. The number of primary sulfonamides is 2. The monoisotopic (exact) mass is 628 g/mol. The van der Waals surface area contributed by atoms with Gasteiger partial charge in [-0.05, 0) is 49.2 Å². The van der Waals surface area contributed by atoms with Gasteiger partial charge >= 0.3 is 0 Å². The van der Waals surface area contributed by atoms with Crippen LogP contribution < -0.4 is 10.3 Å². The van der Waals surface area contributed by atoms with E-state index in [0.29, 0.717) is 11.5 Å². The summed E-state index contributed by atoms with van der Waals surface area (Å²) in [7, 11) is -7.40. The fraction of sp³-hybridized carbons (Fsp3) is 0.0625. The van der Waals surface area contributed by atoms with E-state index in [1.165, 1.54) is 24.3 Å². The Morgan fingerprint density at radius 1 is 0.477 bits per heavy atom. The molecule has 4 N–H and O–H groups in total. The lowest BCUT2D eigenvalue weighted by molar-refractivity contribution is 0.400. The molecular weight excluding hydrogens is 601 g/mol. The molecule has 2 aromatic heterocycles. The van der Waals surface area contributed by atoms with Crippen molar-refractivity contribution >= 4 is 20.0 Å². The predicted octanol–water partition coefficient (Wildman–Crippen LogP) is 5.93. The van der Waals surface area contributed by atoms with Crippen LogP contribution in [-0.4, -0.2) is 27.1 Å². The Bertz CT molecular complexity index is 1950. The smallest absolute Gasteiger partial charge is 0.238 e. The Labute approximate surface area is 255 Å². The summed E-state index contributed by atoms with van der Waals surface area (Å²) in [5.74, 6) is 1.34. The van der Waals surface area contributed by atoms with Gasteiger partial charge in [-0.1, -0.05) is 95.2 Å². The molecule has 6 rings (SSSR count). The highest BCUT2D eigenvalue weighted by atomic mass is 32.2. The van der Waals surface area contributed by atoms with Crippen molar-refractivity contribution in [3.8, 4) is 44.8 Å². The van der Waals surface area contributed by atoms with Gasteiger partial charge in [0.05, 0.1) is 20.9 Å². The van der Waals surface area contributed by atoms with Crippen molar-refractivity contribution in [1.82, 2.24) is 10.3 Å². The normalized spacial score (nSPS) is 11.5. The van der Waals surface area contributed by atoms with Crippen molar-refractivity contribution in [2.75, 3.05) is 0 Å². The molecule has 0 unspecified atom stereocenters. The molecule has 4 aromatic carbocycles. The van der Waals surface area contributed by atoms with Gasteiger partial charge in [0, 0.05) is 11.1 Å². The first-order valence-electron chi connectivity index (χ1n) is 13.2. The third kappa shape index (κ3) is 6.68. The molecule has 0 aliphatic carbocycles. The lowest BCUT2D eigenvalue weighted by Crippen LogP contribution is -2.11. The van der Waals surface area contributed by atoms with E-state index in [-0.39, 0.29) is 9.79 Å². The average molecular weight is 629 g/mol. The molecule has 0 atom stereocenters. The van der Waals surface area contributed by atoms with Crippen LogP contribution in [0.1, 0.15) is 11.5 Å². The Morgan fingerprint density at radius 3 is 1.09 bits per heavy atom. The summed E-state index contributed by atoms with van der Waals surface area (Å²) in [6.45, 7) is 3.64. The third-order valence-corrected chi connectivity index (χ3v) is 8.62. The minimum absolute atomic E-state index is 0.0756. The van der Waals surface area contributed by atoms with E-state index in [9.17, 15) is 16.8 Å². The summed E-state index contributed by atoms with van der Waals surface area (Å²) < 4.78 is 55.9. The number of benzene rings is 4. The molecule has 6 aromatic rings. The number of aromatic nitrogens is 2. The number of nitrogens with two attached hydrogens (primary N) is 2. The molecule has 0 radical (unpaired) electrons. The summed E-state index contributed by atoms with van der Waals surface area (Å²) in [5.41, 5.74) is 6.65. The fourth-order valence-electron chi connectivity index (χ4n) is 4.63. The summed E-state index contributed by atoms with van der Waals surface area (Å²) in [4.78, 5) is 0.151. The van der Waals surface area contributed by atoms with Crippen molar-refractivity contribution < 1.29 is 25.9 Å². The van der Waals surface area contributed by atoms with Crippen molar-refractivity contribution in [3.05, 3.63) is 121 Å². The minimum atomic E-state index is -3.70. The quantitative estimate of drug-likeness (QED) is 0.228. The van der Waals surface area contributed by atoms with Crippen LogP contribution in [0.4, 0.5) is 0 Å². The van der Waals surface area contributed by atoms with Gasteiger partial charge in [0.25, 0.3) is 0 Å². The van der Waals surface area contributed by atoms with Gasteiger partial charge < -0.3 is 9.05 Å². The Morgan fingerprint density at radius 2 is 0.795 bits per heavy atom. The lowest BCUT2D eigenvalue weighted by Gasteiger charge is -2.04. The van der Waals surface area contributed by atoms with Crippen LogP contribution >= 0.6 is 0 Å². The molecule has 0 aliphatic rings. The van der Waals surface area contributed by atoms with Crippen molar-refractivity contribution in [2.45, 2.75) is 23.6 Å². The Balaban J connectivity index is 0.000000175. The number of hydrogen-bond donors (Lipinski definition) is 2.